The van der Waals surface area contributed by atoms with E-state index in [1.54, 1.807) is 13.0 Å². The summed E-state index contributed by atoms with van der Waals surface area (Å²) in [5.41, 5.74) is 0.972. The molecule has 0 saturated carbocycles. The van der Waals surface area contributed by atoms with E-state index in [2.05, 4.69) is 36.2 Å². The monoisotopic (exact) mass is 367 g/mol. The Bertz CT molecular complexity index is 663. The highest BCUT2D eigenvalue weighted by molar-refractivity contribution is 5.85. The van der Waals surface area contributed by atoms with Gasteiger partial charge in [0.2, 0.25) is 0 Å². The van der Waals surface area contributed by atoms with Gasteiger partial charge in [-0.3, -0.25) is 0 Å². The zero-order valence-electron chi connectivity index (χ0n) is 15.0. The Hall–Kier alpha value is -1.89. The van der Waals surface area contributed by atoms with E-state index >= 15 is 0 Å². The molecule has 0 aliphatic rings. The van der Waals surface area contributed by atoms with Crippen LogP contribution in [-0.2, 0) is 0 Å². The number of hydrogen-bond acceptors (Lipinski definition) is 6. The van der Waals surface area contributed by atoms with Crippen LogP contribution in [0.15, 0.2) is 28.8 Å². The van der Waals surface area contributed by atoms with E-state index in [1.807, 2.05) is 30.3 Å². The average molecular weight is 368 g/mol. The molecule has 1 aromatic carbocycles. The van der Waals surface area contributed by atoms with Crippen molar-refractivity contribution in [2.45, 2.75) is 39.3 Å². The third-order valence-corrected chi connectivity index (χ3v) is 3.15. The van der Waals surface area contributed by atoms with E-state index in [4.69, 9.17) is 9.26 Å². The zero-order valence-corrected chi connectivity index (χ0v) is 15.8. The summed E-state index contributed by atoms with van der Waals surface area (Å²) in [7, 11) is 0. The second-order valence-corrected chi connectivity index (χ2v) is 6.68. The molecule has 0 aliphatic carbocycles. The van der Waals surface area contributed by atoms with E-state index in [0.717, 1.165) is 11.3 Å². The molecule has 2 rings (SSSR count). The Morgan fingerprint density at radius 3 is 2.48 bits per heavy atom. The molecular formula is C18H26ClN3O3. The molecular weight excluding hydrogens is 342 g/mol. The van der Waals surface area contributed by atoms with Crippen molar-refractivity contribution in [2.24, 2.45) is 0 Å². The Morgan fingerprint density at radius 1 is 1.24 bits per heavy atom. The molecule has 0 aliphatic heterocycles. The normalized spacial score (nSPS) is 12.8. The van der Waals surface area contributed by atoms with Gasteiger partial charge in [-0.05, 0) is 51.5 Å². The van der Waals surface area contributed by atoms with Gasteiger partial charge in [-0.25, -0.2) is 0 Å². The number of aryl methyl sites for hydroxylation is 1. The number of nitrogens with one attached hydrogen (secondary N) is 1. The van der Waals surface area contributed by atoms with Crippen LogP contribution in [0.4, 0.5) is 0 Å². The summed E-state index contributed by atoms with van der Waals surface area (Å²) in [4.78, 5) is 4.10. The first kappa shape index (κ1) is 21.2. The van der Waals surface area contributed by atoms with Crippen molar-refractivity contribution in [3.05, 3.63) is 41.5 Å². The molecule has 25 heavy (non-hydrogen) atoms. The van der Waals surface area contributed by atoms with Gasteiger partial charge in [0, 0.05) is 18.2 Å². The highest BCUT2D eigenvalue weighted by Gasteiger charge is 2.12. The van der Waals surface area contributed by atoms with Gasteiger partial charge in [-0.2, -0.15) is 4.98 Å². The highest BCUT2D eigenvalue weighted by Crippen LogP contribution is 2.14. The smallest absolute Gasteiger partial charge is 0.250 e. The maximum Gasteiger partial charge on any atom is 0.250 e. The fourth-order valence-electron chi connectivity index (χ4n) is 1.90. The fraction of sp³-hybridized carbons (Fsp3) is 0.444. The van der Waals surface area contributed by atoms with Gasteiger partial charge in [-0.15, -0.1) is 12.4 Å². The molecule has 1 unspecified atom stereocenters. The standard InChI is InChI=1S/C18H25N3O3.ClH/c1-13-20-17(24-21-13)10-7-14-5-8-16(9-6-14)23-12-15(22)11-19-18(2,3)4;/h5-10,15,19,22H,11-12H2,1-4H3;1H/b10-7-;. The molecule has 0 saturated heterocycles. The predicted octanol–water partition coefficient (Wildman–Crippen LogP) is 3.10. The molecule has 2 aromatic rings. The number of benzene rings is 1. The molecule has 6 nitrogen and oxygen atoms in total. The van der Waals surface area contributed by atoms with Gasteiger partial charge in [0.25, 0.3) is 5.89 Å². The number of hydrogen-bond donors (Lipinski definition) is 2. The number of aliphatic hydroxyl groups is 1. The van der Waals surface area contributed by atoms with Crippen LogP contribution < -0.4 is 10.1 Å². The van der Waals surface area contributed by atoms with Crippen LogP contribution in [0.1, 0.15) is 38.0 Å². The van der Waals surface area contributed by atoms with Crippen molar-refractivity contribution in [1.82, 2.24) is 15.5 Å². The highest BCUT2D eigenvalue weighted by atomic mass is 35.5. The van der Waals surface area contributed by atoms with Crippen LogP contribution in [-0.4, -0.2) is 40.0 Å². The summed E-state index contributed by atoms with van der Waals surface area (Å²) in [6, 6.07) is 7.58. The summed E-state index contributed by atoms with van der Waals surface area (Å²) in [6.45, 7) is 8.69. The Labute approximate surface area is 154 Å². The van der Waals surface area contributed by atoms with Crippen molar-refractivity contribution >= 4 is 24.6 Å². The van der Waals surface area contributed by atoms with E-state index in [0.29, 0.717) is 18.3 Å². The third-order valence-electron chi connectivity index (χ3n) is 3.15. The van der Waals surface area contributed by atoms with Crippen molar-refractivity contribution in [3.63, 3.8) is 0 Å². The zero-order chi connectivity index (χ0) is 17.6. The second-order valence-electron chi connectivity index (χ2n) is 6.68. The first-order chi connectivity index (χ1) is 11.3. The minimum absolute atomic E-state index is 0. The van der Waals surface area contributed by atoms with Crippen LogP contribution in [0.3, 0.4) is 0 Å². The molecule has 2 N–H and O–H groups in total. The minimum Gasteiger partial charge on any atom is -0.491 e. The van der Waals surface area contributed by atoms with E-state index in [-0.39, 0.29) is 24.6 Å². The number of aliphatic hydroxyl groups excluding tert-OH is 1. The molecule has 0 radical (unpaired) electrons. The Kier molecular flexibility index (Phi) is 8.09. The maximum atomic E-state index is 9.92. The number of rotatable bonds is 7. The van der Waals surface area contributed by atoms with Gasteiger partial charge in [0.1, 0.15) is 18.5 Å². The average Bonchev–Trinajstić information content (AvgIpc) is 2.95. The molecule has 0 spiro atoms. The second kappa shape index (κ2) is 9.56. The SMILES string of the molecule is Cc1noc(/C=C\c2ccc(OCC(O)CNC(C)(C)C)cc2)n1.Cl. The summed E-state index contributed by atoms with van der Waals surface area (Å²) >= 11 is 0. The van der Waals surface area contributed by atoms with Crippen LogP contribution in [0, 0.1) is 6.92 Å². The van der Waals surface area contributed by atoms with Crippen LogP contribution in [0.2, 0.25) is 0 Å². The van der Waals surface area contributed by atoms with Gasteiger partial charge in [0.15, 0.2) is 5.82 Å². The Balaban J connectivity index is 0.00000312. The van der Waals surface area contributed by atoms with Crippen LogP contribution in [0.25, 0.3) is 12.2 Å². The Morgan fingerprint density at radius 2 is 1.92 bits per heavy atom. The van der Waals surface area contributed by atoms with Crippen molar-refractivity contribution in [3.8, 4) is 5.75 Å². The fourth-order valence-corrected chi connectivity index (χ4v) is 1.90. The lowest BCUT2D eigenvalue weighted by molar-refractivity contribution is 0.100. The molecule has 138 valence electrons. The molecule has 1 heterocycles. The molecule has 7 heteroatoms. The van der Waals surface area contributed by atoms with E-state index in [9.17, 15) is 5.11 Å². The van der Waals surface area contributed by atoms with Crippen molar-refractivity contribution in [2.75, 3.05) is 13.2 Å². The van der Waals surface area contributed by atoms with E-state index < -0.39 is 6.10 Å². The molecule has 0 amide bonds. The van der Waals surface area contributed by atoms with Gasteiger partial charge < -0.3 is 19.7 Å². The lowest BCUT2D eigenvalue weighted by Crippen LogP contribution is -2.42. The topological polar surface area (TPSA) is 80.4 Å². The number of aromatic nitrogens is 2. The summed E-state index contributed by atoms with van der Waals surface area (Å²) < 4.78 is 10.6. The van der Waals surface area contributed by atoms with Crippen LogP contribution in [0.5, 0.6) is 5.75 Å². The molecule has 0 fully saturated rings. The number of nitrogens with zero attached hydrogens (tertiary/aromatic N) is 2. The maximum absolute atomic E-state index is 9.92. The van der Waals surface area contributed by atoms with Crippen molar-refractivity contribution in [1.29, 1.82) is 0 Å². The van der Waals surface area contributed by atoms with Gasteiger partial charge >= 0.3 is 0 Å². The summed E-state index contributed by atoms with van der Waals surface area (Å²) in [5, 5.41) is 16.9. The quantitative estimate of drug-likeness (QED) is 0.782. The van der Waals surface area contributed by atoms with Crippen LogP contribution >= 0.6 is 12.4 Å². The van der Waals surface area contributed by atoms with Gasteiger partial charge in [0.05, 0.1) is 0 Å². The number of ether oxygens (including phenoxy) is 1. The predicted molar refractivity (Wildman–Crippen MR) is 101 cm³/mol. The largest absolute Gasteiger partial charge is 0.491 e. The van der Waals surface area contributed by atoms with E-state index in [1.165, 1.54) is 0 Å². The van der Waals surface area contributed by atoms with Gasteiger partial charge in [-0.1, -0.05) is 17.3 Å². The van der Waals surface area contributed by atoms with Crippen molar-refractivity contribution < 1.29 is 14.4 Å². The lowest BCUT2D eigenvalue weighted by atomic mass is 10.1. The number of β-amino-alcohol motifs (C(OH)–C–C–N with tert-alkyl or cyclic N) is 1. The molecule has 0 bridgehead atoms. The summed E-state index contributed by atoms with van der Waals surface area (Å²) in [6.07, 6.45) is 3.10. The summed E-state index contributed by atoms with van der Waals surface area (Å²) in [5.74, 6) is 1.80. The first-order valence-corrected chi connectivity index (χ1v) is 7.96. The lowest BCUT2D eigenvalue weighted by Gasteiger charge is -2.22. The minimum atomic E-state index is -0.551. The molecule has 1 aromatic heterocycles. The first-order valence-electron chi connectivity index (χ1n) is 7.96. The third kappa shape index (κ3) is 8.16. The number of halogens is 1. The molecule has 1 atom stereocenters.